The van der Waals surface area contributed by atoms with E-state index < -0.39 is 17.4 Å². The smallest absolute Gasteiger partial charge is 0.262 e. The van der Waals surface area contributed by atoms with Crippen LogP contribution in [0.4, 0.5) is 11.5 Å². The third-order valence-electron chi connectivity index (χ3n) is 4.05. The molecule has 3 rings (SSSR count). The maximum absolute atomic E-state index is 12.5. The van der Waals surface area contributed by atoms with E-state index in [1.54, 1.807) is 25.1 Å². The molecule has 3 amide bonds. The van der Waals surface area contributed by atoms with Gasteiger partial charge in [-0.15, -0.1) is 0 Å². The van der Waals surface area contributed by atoms with Crippen LogP contribution in [0.15, 0.2) is 29.1 Å². The summed E-state index contributed by atoms with van der Waals surface area (Å²) in [4.78, 5) is 48.0. The molecule has 0 radical (unpaired) electrons. The molecular formula is C17H16N4O5. The summed E-state index contributed by atoms with van der Waals surface area (Å²) >= 11 is 0. The minimum atomic E-state index is -0.654. The van der Waals surface area contributed by atoms with E-state index in [1.807, 2.05) is 0 Å². The number of fused-ring (bicyclic) bond motifs is 1. The number of hydrogen-bond donors (Lipinski definition) is 3. The number of carbonyl (C=O) groups excluding carboxylic acids is 3. The molecule has 1 aromatic heterocycles. The van der Waals surface area contributed by atoms with Crippen LogP contribution in [-0.2, 0) is 9.53 Å². The third-order valence-corrected chi connectivity index (χ3v) is 4.05. The van der Waals surface area contributed by atoms with Crippen LogP contribution in [0, 0.1) is 6.92 Å². The third kappa shape index (κ3) is 2.74. The van der Waals surface area contributed by atoms with Crippen molar-refractivity contribution in [3.63, 3.8) is 0 Å². The van der Waals surface area contributed by atoms with Crippen LogP contribution in [0.2, 0.25) is 0 Å². The molecule has 1 aliphatic rings. The Labute approximate surface area is 147 Å². The molecule has 0 atom stereocenters. The van der Waals surface area contributed by atoms with Crippen molar-refractivity contribution in [2.45, 2.75) is 6.92 Å². The number of imide groups is 1. The highest BCUT2D eigenvalue weighted by molar-refractivity contribution is 6.23. The maximum atomic E-state index is 12.5. The number of nitrogen functional groups attached to an aromatic ring is 1. The van der Waals surface area contributed by atoms with Crippen molar-refractivity contribution in [1.29, 1.82) is 0 Å². The van der Waals surface area contributed by atoms with Crippen molar-refractivity contribution < 1.29 is 19.1 Å². The topological polar surface area (TPSA) is 133 Å². The van der Waals surface area contributed by atoms with Crippen LogP contribution >= 0.6 is 0 Å². The van der Waals surface area contributed by atoms with Crippen LogP contribution in [0.1, 0.15) is 26.3 Å². The Morgan fingerprint density at radius 1 is 1.27 bits per heavy atom. The molecule has 0 aliphatic carbocycles. The van der Waals surface area contributed by atoms with E-state index in [1.165, 1.54) is 7.11 Å². The lowest BCUT2D eigenvalue weighted by atomic mass is 10.1. The summed E-state index contributed by atoms with van der Waals surface area (Å²) in [5, 5.41) is 4.79. The van der Waals surface area contributed by atoms with Gasteiger partial charge in [0, 0.05) is 18.9 Å². The molecule has 26 heavy (non-hydrogen) atoms. The zero-order valence-corrected chi connectivity index (χ0v) is 14.1. The first-order valence-corrected chi connectivity index (χ1v) is 7.65. The lowest BCUT2D eigenvalue weighted by molar-refractivity contribution is -0.119. The number of rotatable bonds is 4. The zero-order chi connectivity index (χ0) is 19.0. The molecule has 2 heterocycles. The number of hydrogen-bond acceptors (Lipinski definition) is 6. The van der Waals surface area contributed by atoms with Gasteiger partial charge in [0.05, 0.1) is 16.8 Å². The summed E-state index contributed by atoms with van der Waals surface area (Å²) in [5.74, 6) is -1.80. The first-order chi connectivity index (χ1) is 12.3. The fourth-order valence-electron chi connectivity index (χ4n) is 2.85. The maximum Gasteiger partial charge on any atom is 0.262 e. The Balaban J connectivity index is 2.16. The number of anilines is 2. The van der Waals surface area contributed by atoms with Gasteiger partial charge < -0.3 is 15.8 Å². The molecule has 0 unspecified atom stereocenters. The molecule has 0 spiro atoms. The Kier molecular flexibility index (Phi) is 4.31. The highest BCUT2D eigenvalue weighted by Crippen LogP contribution is 2.27. The van der Waals surface area contributed by atoms with Crippen molar-refractivity contribution in [1.82, 2.24) is 9.88 Å². The predicted octanol–water partition coefficient (Wildman–Crippen LogP) is 0.197. The second-order valence-corrected chi connectivity index (χ2v) is 5.71. The van der Waals surface area contributed by atoms with Gasteiger partial charge >= 0.3 is 0 Å². The van der Waals surface area contributed by atoms with Gasteiger partial charge in [-0.25, -0.2) is 0 Å². The minimum absolute atomic E-state index is 0.0391. The molecule has 1 aliphatic heterocycles. The normalized spacial score (nSPS) is 12.7. The largest absolute Gasteiger partial charge is 0.384 e. The van der Waals surface area contributed by atoms with Gasteiger partial charge in [0.2, 0.25) is 5.91 Å². The number of nitrogens with one attached hydrogen (secondary N) is 2. The van der Waals surface area contributed by atoms with Gasteiger partial charge in [0.1, 0.15) is 12.4 Å². The van der Waals surface area contributed by atoms with Gasteiger partial charge in [0.25, 0.3) is 17.4 Å². The van der Waals surface area contributed by atoms with E-state index in [-0.39, 0.29) is 29.5 Å². The SMILES string of the molecule is COCC(=O)Nc1cccc(-n2c(N)c3c(cc2=O)C(=O)NC3=O)c1C. The molecule has 0 saturated heterocycles. The van der Waals surface area contributed by atoms with E-state index in [4.69, 9.17) is 10.5 Å². The number of carbonyl (C=O) groups is 3. The van der Waals surface area contributed by atoms with Gasteiger partial charge in [-0.2, -0.15) is 0 Å². The molecule has 4 N–H and O–H groups in total. The summed E-state index contributed by atoms with van der Waals surface area (Å²) in [7, 11) is 1.40. The fourth-order valence-corrected chi connectivity index (χ4v) is 2.85. The monoisotopic (exact) mass is 356 g/mol. The Bertz CT molecular complexity index is 1010. The Morgan fingerprint density at radius 3 is 2.69 bits per heavy atom. The molecule has 0 saturated carbocycles. The first kappa shape index (κ1) is 17.4. The molecule has 134 valence electrons. The van der Waals surface area contributed by atoms with E-state index in [2.05, 4.69) is 10.6 Å². The summed E-state index contributed by atoms with van der Waals surface area (Å²) in [6.07, 6.45) is 0. The molecule has 9 nitrogen and oxygen atoms in total. The number of methoxy groups -OCH3 is 1. The molecule has 2 aromatic rings. The summed E-state index contributed by atoms with van der Waals surface area (Å²) < 4.78 is 5.91. The van der Waals surface area contributed by atoms with Crippen molar-refractivity contribution in [2.24, 2.45) is 0 Å². The van der Waals surface area contributed by atoms with Crippen LogP contribution in [-0.4, -0.2) is 36.0 Å². The van der Waals surface area contributed by atoms with E-state index in [0.717, 1.165) is 10.6 Å². The number of benzene rings is 1. The van der Waals surface area contributed by atoms with Crippen molar-refractivity contribution in [3.8, 4) is 5.69 Å². The van der Waals surface area contributed by atoms with E-state index >= 15 is 0 Å². The highest BCUT2D eigenvalue weighted by Gasteiger charge is 2.32. The van der Waals surface area contributed by atoms with Gasteiger partial charge in [-0.1, -0.05) is 6.07 Å². The molecule has 0 fully saturated rings. The van der Waals surface area contributed by atoms with Crippen molar-refractivity contribution >= 4 is 29.2 Å². The average molecular weight is 356 g/mol. The first-order valence-electron chi connectivity index (χ1n) is 7.65. The van der Waals surface area contributed by atoms with E-state index in [0.29, 0.717) is 16.9 Å². The molecular weight excluding hydrogens is 340 g/mol. The number of amides is 3. The Hall–Kier alpha value is -3.46. The van der Waals surface area contributed by atoms with Gasteiger partial charge in [0.15, 0.2) is 0 Å². The van der Waals surface area contributed by atoms with Crippen molar-refractivity contribution in [3.05, 3.63) is 51.3 Å². The van der Waals surface area contributed by atoms with Crippen LogP contribution in [0.3, 0.4) is 0 Å². The predicted molar refractivity (Wildman–Crippen MR) is 93.5 cm³/mol. The zero-order valence-electron chi connectivity index (χ0n) is 14.1. The number of nitrogens with zero attached hydrogens (tertiary/aromatic N) is 1. The summed E-state index contributed by atoms with van der Waals surface area (Å²) in [5.41, 5.74) is 6.81. The lowest BCUT2D eigenvalue weighted by Crippen LogP contribution is -2.25. The summed E-state index contributed by atoms with van der Waals surface area (Å²) in [6, 6.07) is 5.99. The molecule has 9 heteroatoms. The van der Waals surface area contributed by atoms with Gasteiger partial charge in [-0.3, -0.25) is 29.1 Å². The lowest BCUT2D eigenvalue weighted by Gasteiger charge is -2.17. The molecule has 1 aromatic carbocycles. The second-order valence-electron chi connectivity index (χ2n) is 5.71. The minimum Gasteiger partial charge on any atom is -0.384 e. The average Bonchev–Trinajstić information content (AvgIpc) is 2.85. The number of pyridine rings is 1. The van der Waals surface area contributed by atoms with Crippen LogP contribution < -0.4 is 21.9 Å². The quantitative estimate of drug-likeness (QED) is 0.670. The highest BCUT2D eigenvalue weighted by atomic mass is 16.5. The molecule has 0 bridgehead atoms. The fraction of sp³-hybridized carbons (Fsp3) is 0.176. The van der Waals surface area contributed by atoms with Crippen LogP contribution in [0.5, 0.6) is 0 Å². The van der Waals surface area contributed by atoms with Gasteiger partial charge in [-0.05, 0) is 24.6 Å². The second kappa shape index (κ2) is 6.45. The van der Waals surface area contributed by atoms with Crippen LogP contribution in [0.25, 0.3) is 5.69 Å². The van der Waals surface area contributed by atoms with E-state index in [9.17, 15) is 19.2 Å². The number of aromatic nitrogens is 1. The number of ether oxygens (including phenoxy) is 1. The van der Waals surface area contributed by atoms with Crippen molar-refractivity contribution in [2.75, 3.05) is 24.8 Å². The Morgan fingerprint density at radius 2 is 2.00 bits per heavy atom. The standard InChI is InChI=1S/C17H16N4O5/c1-8-10(19-12(22)7-26-2)4-3-5-11(8)21-13(23)6-9-14(15(21)18)17(25)20-16(9)24/h3-6H,7,18H2,1-2H3,(H,19,22)(H,20,24,25). The summed E-state index contributed by atoms with van der Waals surface area (Å²) in [6.45, 7) is 1.58. The number of nitrogens with two attached hydrogens (primary N) is 1.